The summed E-state index contributed by atoms with van der Waals surface area (Å²) in [5.41, 5.74) is 0.238. The van der Waals surface area contributed by atoms with Crippen LogP contribution in [-0.4, -0.2) is 22.6 Å². The van der Waals surface area contributed by atoms with Crippen LogP contribution >= 0.6 is 34.8 Å². The molecule has 0 aliphatic rings. The van der Waals surface area contributed by atoms with Gasteiger partial charge in [-0.2, -0.15) is 0 Å². The lowest BCUT2D eigenvalue weighted by molar-refractivity contribution is 0.0976. The lowest BCUT2D eigenvalue weighted by atomic mass is 10.2. The number of nitrogens with zero attached hydrogens (tertiary/aromatic N) is 1. The predicted molar refractivity (Wildman–Crippen MR) is 67.5 cm³/mol. The average Bonchev–Trinajstić information content (AvgIpc) is 2.24. The molecular weight excluding hydrogens is 289 g/mol. The van der Waals surface area contributed by atoms with Crippen molar-refractivity contribution in [1.29, 1.82) is 0 Å². The molecule has 7 heteroatoms. The van der Waals surface area contributed by atoms with Gasteiger partial charge in [-0.3, -0.25) is 9.79 Å². The molecule has 1 aromatic rings. The number of amides is 1. The standard InChI is InChI=1S/C10H8Cl3FN2O/c1-15-9(10(11,12)13)16-8(17)6-2-4-7(14)5-3-6/h2-5H,1H3,(H,15,16,17). The van der Waals surface area contributed by atoms with Gasteiger partial charge in [0.15, 0.2) is 5.84 Å². The van der Waals surface area contributed by atoms with E-state index in [2.05, 4.69) is 10.3 Å². The number of carbonyl (C=O) groups is 1. The van der Waals surface area contributed by atoms with Crippen LogP contribution in [0.2, 0.25) is 0 Å². The third kappa shape index (κ3) is 4.15. The zero-order chi connectivity index (χ0) is 13.1. The summed E-state index contributed by atoms with van der Waals surface area (Å²) in [7, 11) is 1.38. The lowest BCUT2D eigenvalue weighted by Crippen LogP contribution is -2.39. The molecule has 0 aliphatic carbocycles. The summed E-state index contributed by atoms with van der Waals surface area (Å²) in [5, 5.41) is 2.34. The van der Waals surface area contributed by atoms with Crippen molar-refractivity contribution in [2.75, 3.05) is 7.05 Å². The van der Waals surface area contributed by atoms with Crippen molar-refractivity contribution in [2.24, 2.45) is 4.99 Å². The van der Waals surface area contributed by atoms with E-state index >= 15 is 0 Å². The summed E-state index contributed by atoms with van der Waals surface area (Å²) < 4.78 is 10.8. The fraction of sp³-hybridized carbons (Fsp3) is 0.200. The summed E-state index contributed by atoms with van der Waals surface area (Å²) in [5.74, 6) is -1.07. The molecule has 92 valence electrons. The van der Waals surface area contributed by atoms with Crippen molar-refractivity contribution in [3.63, 3.8) is 0 Å². The molecule has 3 nitrogen and oxygen atoms in total. The van der Waals surface area contributed by atoms with E-state index in [1.807, 2.05) is 0 Å². The Balaban J connectivity index is 2.83. The minimum atomic E-state index is -1.82. The lowest BCUT2D eigenvalue weighted by Gasteiger charge is -2.14. The number of carbonyl (C=O) groups excluding carboxylic acids is 1. The Kier molecular flexibility index (Phi) is 4.74. The number of hydrogen-bond donors (Lipinski definition) is 1. The number of halogens is 4. The van der Waals surface area contributed by atoms with Crippen LogP contribution in [0.25, 0.3) is 0 Å². The summed E-state index contributed by atoms with van der Waals surface area (Å²) in [4.78, 5) is 15.3. The van der Waals surface area contributed by atoms with Gasteiger partial charge in [-0.15, -0.1) is 0 Å². The van der Waals surface area contributed by atoms with E-state index in [9.17, 15) is 9.18 Å². The SMILES string of the molecule is CN=C(NC(=O)c1ccc(F)cc1)C(Cl)(Cl)Cl. The highest BCUT2D eigenvalue weighted by Gasteiger charge is 2.29. The van der Waals surface area contributed by atoms with Gasteiger partial charge in [0.2, 0.25) is 3.79 Å². The van der Waals surface area contributed by atoms with Gasteiger partial charge in [0, 0.05) is 12.6 Å². The quantitative estimate of drug-likeness (QED) is 0.483. The van der Waals surface area contributed by atoms with Gasteiger partial charge in [0.25, 0.3) is 5.91 Å². The van der Waals surface area contributed by atoms with Crippen LogP contribution < -0.4 is 5.32 Å². The monoisotopic (exact) mass is 296 g/mol. The summed E-state index contributed by atoms with van der Waals surface area (Å²) >= 11 is 16.7. The highest BCUT2D eigenvalue weighted by molar-refractivity contribution is 6.77. The second kappa shape index (κ2) is 5.67. The molecule has 1 aromatic carbocycles. The van der Waals surface area contributed by atoms with E-state index in [4.69, 9.17) is 34.8 Å². The normalized spacial score (nSPS) is 12.4. The van der Waals surface area contributed by atoms with E-state index in [0.29, 0.717) is 0 Å². The molecular formula is C10H8Cl3FN2O. The Bertz CT molecular complexity index is 440. The number of rotatable bonds is 1. The largest absolute Gasteiger partial charge is 0.307 e. The molecule has 1 amide bonds. The van der Waals surface area contributed by atoms with Gasteiger partial charge in [-0.05, 0) is 24.3 Å². The van der Waals surface area contributed by atoms with E-state index in [1.165, 1.54) is 19.2 Å². The smallest absolute Gasteiger partial charge is 0.256 e. The maximum Gasteiger partial charge on any atom is 0.256 e. The van der Waals surface area contributed by atoms with Gasteiger partial charge < -0.3 is 5.32 Å². The minimum absolute atomic E-state index is 0.100. The minimum Gasteiger partial charge on any atom is -0.307 e. The van der Waals surface area contributed by atoms with Crippen molar-refractivity contribution in [2.45, 2.75) is 3.79 Å². The van der Waals surface area contributed by atoms with Crippen molar-refractivity contribution < 1.29 is 9.18 Å². The molecule has 0 aromatic heterocycles. The van der Waals surface area contributed by atoms with E-state index < -0.39 is 15.5 Å². The molecule has 1 rings (SSSR count). The van der Waals surface area contributed by atoms with Crippen molar-refractivity contribution in [1.82, 2.24) is 5.32 Å². The first-order valence-electron chi connectivity index (χ1n) is 4.45. The molecule has 0 atom stereocenters. The van der Waals surface area contributed by atoms with Gasteiger partial charge in [0.1, 0.15) is 5.82 Å². The number of aliphatic imine (C=N–C) groups is 1. The van der Waals surface area contributed by atoms with Crippen molar-refractivity contribution in [3.05, 3.63) is 35.6 Å². The maximum absolute atomic E-state index is 12.6. The highest BCUT2D eigenvalue weighted by atomic mass is 35.6. The van der Waals surface area contributed by atoms with Crippen LogP contribution in [0.5, 0.6) is 0 Å². The summed E-state index contributed by atoms with van der Waals surface area (Å²) in [6, 6.07) is 4.95. The topological polar surface area (TPSA) is 41.5 Å². The second-order valence-electron chi connectivity index (χ2n) is 3.03. The highest BCUT2D eigenvalue weighted by Crippen LogP contribution is 2.26. The number of hydrogen-bond acceptors (Lipinski definition) is 2. The zero-order valence-corrected chi connectivity index (χ0v) is 10.9. The third-order valence-electron chi connectivity index (χ3n) is 1.83. The molecule has 0 radical (unpaired) electrons. The third-order valence-corrected chi connectivity index (χ3v) is 2.37. The van der Waals surface area contributed by atoms with Crippen LogP contribution in [0.15, 0.2) is 29.3 Å². The van der Waals surface area contributed by atoms with Gasteiger partial charge in [0.05, 0.1) is 0 Å². The zero-order valence-electron chi connectivity index (χ0n) is 8.68. The van der Waals surface area contributed by atoms with Crippen LogP contribution in [-0.2, 0) is 0 Å². The molecule has 0 unspecified atom stereocenters. The molecule has 17 heavy (non-hydrogen) atoms. The fourth-order valence-corrected chi connectivity index (χ4v) is 1.43. The molecule has 0 bridgehead atoms. The molecule has 0 aliphatic heterocycles. The number of amidine groups is 1. The molecule has 0 heterocycles. The van der Waals surface area contributed by atoms with E-state index in [-0.39, 0.29) is 11.4 Å². The molecule has 0 spiro atoms. The van der Waals surface area contributed by atoms with Crippen molar-refractivity contribution >= 4 is 46.5 Å². The fourth-order valence-electron chi connectivity index (χ4n) is 1.03. The Labute approximate surface area is 113 Å². The average molecular weight is 298 g/mol. The van der Waals surface area contributed by atoms with Gasteiger partial charge >= 0.3 is 0 Å². The van der Waals surface area contributed by atoms with Gasteiger partial charge in [-0.25, -0.2) is 4.39 Å². The number of benzene rings is 1. The molecule has 0 saturated heterocycles. The van der Waals surface area contributed by atoms with Crippen LogP contribution in [0, 0.1) is 5.82 Å². The number of alkyl halides is 3. The summed E-state index contributed by atoms with van der Waals surface area (Å²) in [6.07, 6.45) is 0. The second-order valence-corrected chi connectivity index (χ2v) is 5.31. The van der Waals surface area contributed by atoms with Crippen molar-refractivity contribution in [3.8, 4) is 0 Å². The Morgan fingerprint density at radius 1 is 1.29 bits per heavy atom. The Morgan fingerprint density at radius 2 is 1.82 bits per heavy atom. The van der Waals surface area contributed by atoms with Crippen LogP contribution in [0.1, 0.15) is 10.4 Å². The van der Waals surface area contributed by atoms with Crippen LogP contribution in [0.3, 0.4) is 0 Å². The number of nitrogens with one attached hydrogen (secondary N) is 1. The Hall–Kier alpha value is -0.840. The summed E-state index contributed by atoms with van der Waals surface area (Å²) in [6.45, 7) is 0. The van der Waals surface area contributed by atoms with Crippen LogP contribution in [0.4, 0.5) is 4.39 Å². The molecule has 0 saturated carbocycles. The first-order chi connectivity index (χ1) is 7.84. The Morgan fingerprint density at radius 3 is 2.24 bits per heavy atom. The first kappa shape index (κ1) is 14.2. The first-order valence-corrected chi connectivity index (χ1v) is 5.59. The molecule has 0 fully saturated rings. The molecule has 1 N–H and O–H groups in total. The maximum atomic E-state index is 12.6. The van der Waals surface area contributed by atoms with Gasteiger partial charge in [-0.1, -0.05) is 34.8 Å². The predicted octanol–water partition coefficient (Wildman–Crippen LogP) is 2.95. The van der Waals surface area contributed by atoms with E-state index in [0.717, 1.165) is 12.1 Å². The van der Waals surface area contributed by atoms with E-state index in [1.54, 1.807) is 0 Å².